The fourth-order valence-corrected chi connectivity index (χ4v) is 3.00. The van der Waals surface area contributed by atoms with Crippen LogP contribution in [0.5, 0.6) is 5.75 Å². The average molecular weight is 322 g/mol. The van der Waals surface area contributed by atoms with Crippen molar-refractivity contribution in [2.24, 2.45) is 4.99 Å². The van der Waals surface area contributed by atoms with Crippen LogP contribution in [0.25, 0.3) is 10.2 Å². The van der Waals surface area contributed by atoms with Crippen molar-refractivity contribution in [3.8, 4) is 5.75 Å². The van der Waals surface area contributed by atoms with Crippen LogP contribution in [-0.4, -0.2) is 30.2 Å². The summed E-state index contributed by atoms with van der Waals surface area (Å²) in [7, 11) is 1.33. The number of ether oxygens (including phenoxy) is 2. The molecule has 0 fully saturated rings. The molecule has 0 saturated heterocycles. The number of methoxy groups -OCH3 is 1. The van der Waals surface area contributed by atoms with Crippen LogP contribution >= 0.6 is 11.3 Å². The first-order chi connectivity index (χ1) is 10.6. The molecule has 0 radical (unpaired) electrons. The second kappa shape index (κ2) is 7.22. The third-order valence-corrected chi connectivity index (χ3v) is 4.04. The van der Waals surface area contributed by atoms with Gasteiger partial charge in [0.15, 0.2) is 4.80 Å². The van der Waals surface area contributed by atoms with E-state index in [0.717, 1.165) is 16.0 Å². The van der Waals surface area contributed by atoms with E-state index in [2.05, 4.69) is 4.99 Å². The summed E-state index contributed by atoms with van der Waals surface area (Å²) >= 11 is 1.35. The molecule has 1 aromatic heterocycles. The van der Waals surface area contributed by atoms with Gasteiger partial charge in [0.25, 0.3) is 0 Å². The summed E-state index contributed by atoms with van der Waals surface area (Å²) in [6, 6.07) is 5.57. The molecule has 2 rings (SSSR count). The number of nitrogens with zero attached hydrogens (tertiary/aromatic N) is 2. The van der Waals surface area contributed by atoms with E-state index in [9.17, 15) is 9.59 Å². The Morgan fingerprint density at radius 3 is 2.73 bits per heavy atom. The summed E-state index contributed by atoms with van der Waals surface area (Å²) in [6.45, 7) is 4.25. The van der Waals surface area contributed by atoms with E-state index in [0.29, 0.717) is 17.8 Å². The molecular formula is C15H18N2O4S. The number of thiazole rings is 1. The van der Waals surface area contributed by atoms with Crippen molar-refractivity contribution in [3.05, 3.63) is 23.0 Å². The van der Waals surface area contributed by atoms with Gasteiger partial charge in [-0.25, -0.2) is 0 Å². The van der Waals surface area contributed by atoms with Gasteiger partial charge in [0.1, 0.15) is 12.3 Å². The molecule has 2 aromatic rings. The van der Waals surface area contributed by atoms with Crippen molar-refractivity contribution in [2.45, 2.75) is 26.8 Å². The van der Waals surface area contributed by atoms with Gasteiger partial charge in [0, 0.05) is 6.42 Å². The molecule has 0 atom stereocenters. The molecular weight excluding hydrogens is 304 g/mol. The maximum Gasteiger partial charge on any atom is 0.325 e. The number of carbonyl (C=O) groups is 2. The maximum atomic E-state index is 11.6. The van der Waals surface area contributed by atoms with Gasteiger partial charge in [-0.3, -0.25) is 9.59 Å². The van der Waals surface area contributed by atoms with Gasteiger partial charge in [-0.1, -0.05) is 18.3 Å². The highest BCUT2D eigenvalue weighted by molar-refractivity contribution is 7.16. The lowest BCUT2D eigenvalue weighted by molar-refractivity contribution is -0.141. The highest BCUT2D eigenvalue weighted by Crippen LogP contribution is 2.23. The van der Waals surface area contributed by atoms with Gasteiger partial charge >= 0.3 is 5.97 Å². The van der Waals surface area contributed by atoms with E-state index in [1.165, 1.54) is 18.4 Å². The Morgan fingerprint density at radius 1 is 1.32 bits per heavy atom. The van der Waals surface area contributed by atoms with Crippen LogP contribution in [0.4, 0.5) is 0 Å². The highest BCUT2D eigenvalue weighted by atomic mass is 32.1. The predicted octanol–water partition coefficient (Wildman–Crippen LogP) is 2.11. The molecule has 1 aromatic carbocycles. The number of hydrogen-bond donors (Lipinski definition) is 0. The van der Waals surface area contributed by atoms with Crippen LogP contribution in [0.3, 0.4) is 0 Å². The van der Waals surface area contributed by atoms with Crippen molar-refractivity contribution < 1.29 is 19.1 Å². The minimum absolute atomic E-state index is 0.0142. The summed E-state index contributed by atoms with van der Waals surface area (Å²) in [5, 5.41) is 0. The number of hydrogen-bond acceptors (Lipinski definition) is 5. The summed E-state index contributed by atoms with van der Waals surface area (Å²) in [5.41, 5.74) is 0.821. The van der Waals surface area contributed by atoms with Gasteiger partial charge in [0.2, 0.25) is 5.91 Å². The van der Waals surface area contributed by atoms with E-state index in [1.54, 1.807) is 11.5 Å². The maximum absolute atomic E-state index is 11.6. The molecule has 118 valence electrons. The molecule has 22 heavy (non-hydrogen) atoms. The van der Waals surface area contributed by atoms with Gasteiger partial charge < -0.3 is 14.0 Å². The molecule has 0 N–H and O–H groups in total. The van der Waals surface area contributed by atoms with Crippen molar-refractivity contribution in [3.63, 3.8) is 0 Å². The minimum Gasteiger partial charge on any atom is -0.494 e. The van der Waals surface area contributed by atoms with Crippen LogP contribution in [-0.2, 0) is 20.9 Å². The molecule has 0 bridgehead atoms. The van der Waals surface area contributed by atoms with Crippen LogP contribution < -0.4 is 9.54 Å². The van der Waals surface area contributed by atoms with Crippen LogP contribution in [0.15, 0.2) is 23.2 Å². The molecule has 1 heterocycles. The zero-order chi connectivity index (χ0) is 16.1. The summed E-state index contributed by atoms with van der Waals surface area (Å²) in [5.74, 6) is 0.129. The van der Waals surface area contributed by atoms with Gasteiger partial charge in [-0.15, -0.1) is 0 Å². The Balaban J connectivity index is 2.60. The Bertz CT molecular complexity index is 760. The van der Waals surface area contributed by atoms with Gasteiger partial charge in [-0.05, 0) is 25.1 Å². The number of aromatic nitrogens is 1. The van der Waals surface area contributed by atoms with E-state index < -0.39 is 0 Å². The second-order valence-corrected chi connectivity index (χ2v) is 5.48. The molecule has 0 saturated carbocycles. The fraction of sp³-hybridized carbons (Fsp3) is 0.400. The van der Waals surface area contributed by atoms with Gasteiger partial charge in [-0.2, -0.15) is 4.99 Å². The number of esters is 1. The minimum atomic E-state index is -0.390. The molecule has 1 amide bonds. The molecule has 7 heteroatoms. The van der Waals surface area contributed by atoms with Crippen LogP contribution in [0, 0.1) is 0 Å². The number of fused-ring (bicyclic) bond motifs is 1. The zero-order valence-corrected chi connectivity index (χ0v) is 13.6. The summed E-state index contributed by atoms with van der Waals surface area (Å²) < 4.78 is 12.8. The normalized spacial score (nSPS) is 11.7. The molecule has 0 spiro atoms. The third kappa shape index (κ3) is 3.54. The van der Waals surface area contributed by atoms with Crippen molar-refractivity contribution in [1.82, 2.24) is 4.57 Å². The Hall–Kier alpha value is -2.15. The molecule has 0 aliphatic rings. The van der Waals surface area contributed by atoms with Crippen molar-refractivity contribution in [2.75, 3.05) is 13.7 Å². The first-order valence-electron chi connectivity index (χ1n) is 6.99. The topological polar surface area (TPSA) is 69.9 Å². The number of carbonyl (C=O) groups excluding carboxylic acids is 2. The first-order valence-corrected chi connectivity index (χ1v) is 7.81. The van der Waals surface area contributed by atoms with Gasteiger partial charge in [0.05, 0.1) is 23.9 Å². The highest BCUT2D eigenvalue weighted by Gasteiger charge is 2.12. The Morgan fingerprint density at radius 2 is 2.09 bits per heavy atom. The number of benzene rings is 1. The number of rotatable bonds is 5. The first kappa shape index (κ1) is 16.2. The monoisotopic (exact) mass is 322 g/mol. The largest absolute Gasteiger partial charge is 0.494 e. The average Bonchev–Trinajstić information content (AvgIpc) is 2.84. The fourth-order valence-electron chi connectivity index (χ4n) is 1.93. The third-order valence-electron chi connectivity index (χ3n) is 3.00. The van der Waals surface area contributed by atoms with Crippen LogP contribution in [0.2, 0.25) is 0 Å². The molecule has 6 nitrogen and oxygen atoms in total. The molecule has 0 aliphatic carbocycles. The smallest absolute Gasteiger partial charge is 0.325 e. The quantitative estimate of drug-likeness (QED) is 0.791. The lowest BCUT2D eigenvalue weighted by atomic mass is 10.3. The Kier molecular flexibility index (Phi) is 5.32. The lowest BCUT2D eigenvalue weighted by Crippen LogP contribution is -2.22. The Labute approximate surface area is 132 Å². The van der Waals surface area contributed by atoms with Crippen molar-refractivity contribution >= 4 is 33.4 Å². The standard InChI is InChI=1S/C15H18N2O4S/c1-4-13(18)16-15-17(9-14(19)20-3)11-7-6-10(21-5-2)8-12(11)22-15/h6-8H,4-5,9H2,1-3H3. The summed E-state index contributed by atoms with van der Waals surface area (Å²) in [6.07, 6.45) is 0.316. The predicted molar refractivity (Wildman–Crippen MR) is 83.9 cm³/mol. The second-order valence-electron chi connectivity index (χ2n) is 4.47. The molecule has 0 aliphatic heterocycles. The van der Waals surface area contributed by atoms with E-state index in [4.69, 9.17) is 9.47 Å². The van der Waals surface area contributed by atoms with Crippen LogP contribution in [0.1, 0.15) is 20.3 Å². The van der Waals surface area contributed by atoms with Crippen molar-refractivity contribution in [1.29, 1.82) is 0 Å². The van der Waals surface area contributed by atoms with E-state index in [1.807, 2.05) is 25.1 Å². The van der Waals surface area contributed by atoms with E-state index >= 15 is 0 Å². The SMILES string of the molecule is CCOc1ccc2c(c1)sc(=NC(=O)CC)n2CC(=O)OC. The summed E-state index contributed by atoms with van der Waals surface area (Å²) in [4.78, 5) is 27.8. The van der Waals surface area contributed by atoms with E-state index in [-0.39, 0.29) is 18.4 Å². The lowest BCUT2D eigenvalue weighted by Gasteiger charge is -2.05. The molecule has 0 unspecified atom stereocenters. The number of amides is 1. The zero-order valence-electron chi connectivity index (χ0n) is 12.8.